The molecule has 3 nitrogen and oxygen atoms in total. The van der Waals surface area contributed by atoms with Crippen molar-refractivity contribution >= 4 is 23.0 Å². The molecule has 0 radical (unpaired) electrons. The number of hydrogen-bond acceptors (Lipinski definition) is 2. The number of hydrogen-bond donors (Lipinski definition) is 2. The van der Waals surface area contributed by atoms with Crippen molar-refractivity contribution in [2.75, 3.05) is 18.4 Å². The molecule has 0 spiro atoms. The predicted octanol–water partition coefficient (Wildman–Crippen LogP) is 5.51. The van der Waals surface area contributed by atoms with E-state index in [4.69, 9.17) is 12.2 Å². The molecule has 1 saturated heterocycles. The highest BCUT2D eigenvalue weighted by Crippen LogP contribution is 2.36. The number of benzene rings is 2. The van der Waals surface area contributed by atoms with Crippen LogP contribution in [0, 0.1) is 0 Å². The van der Waals surface area contributed by atoms with Gasteiger partial charge < -0.3 is 15.3 Å². The van der Waals surface area contributed by atoms with Crippen LogP contribution in [0.4, 0.5) is 18.9 Å². The Bertz CT molecular complexity index is 857. The first-order valence-corrected chi connectivity index (χ1v) is 10.1. The fourth-order valence-electron chi connectivity index (χ4n) is 3.51. The zero-order chi connectivity index (χ0) is 21.2. The van der Waals surface area contributed by atoms with Gasteiger partial charge in [-0.1, -0.05) is 38.1 Å². The number of nitrogens with zero attached hydrogens (tertiary/aromatic N) is 1. The van der Waals surface area contributed by atoms with Gasteiger partial charge in [0.1, 0.15) is 0 Å². The Morgan fingerprint density at radius 2 is 1.72 bits per heavy atom. The highest BCUT2D eigenvalue weighted by molar-refractivity contribution is 7.80. The minimum Gasteiger partial charge on any atom is -0.385 e. The molecule has 156 valence electrons. The molecule has 1 aliphatic heterocycles. The first kappa shape index (κ1) is 21.6. The number of rotatable bonds is 3. The van der Waals surface area contributed by atoms with Gasteiger partial charge in [-0.3, -0.25) is 0 Å². The zero-order valence-electron chi connectivity index (χ0n) is 16.5. The van der Waals surface area contributed by atoms with Crippen LogP contribution >= 0.6 is 12.2 Å². The van der Waals surface area contributed by atoms with E-state index in [1.807, 2.05) is 17.0 Å². The van der Waals surface area contributed by atoms with Crippen molar-refractivity contribution in [2.24, 2.45) is 0 Å². The molecule has 0 bridgehead atoms. The Morgan fingerprint density at radius 3 is 2.28 bits per heavy atom. The molecule has 2 aromatic rings. The van der Waals surface area contributed by atoms with Gasteiger partial charge in [0.05, 0.1) is 11.2 Å². The lowest BCUT2D eigenvalue weighted by Gasteiger charge is -2.39. The van der Waals surface area contributed by atoms with Crippen LogP contribution in [0.15, 0.2) is 48.5 Å². The fourth-order valence-corrected chi connectivity index (χ4v) is 3.81. The third kappa shape index (κ3) is 5.08. The van der Waals surface area contributed by atoms with Gasteiger partial charge in [0.2, 0.25) is 0 Å². The van der Waals surface area contributed by atoms with E-state index in [0.717, 1.165) is 17.8 Å². The number of piperidine rings is 1. The van der Waals surface area contributed by atoms with Crippen LogP contribution in [0.2, 0.25) is 0 Å². The summed E-state index contributed by atoms with van der Waals surface area (Å²) in [5.74, 6) is 0.451. The van der Waals surface area contributed by atoms with Gasteiger partial charge in [0.15, 0.2) is 5.11 Å². The van der Waals surface area contributed by atoms with Crippen LogP contribution in [0.5, 0.6) is 0 Å². The van der Waals surface area contributed by atoms with Crippen LogP contribution in [-0.4, -0.2) is 28.2 Å². The Kier molecular flexibility index (Phi) is 6.19. The molecule has 3 rings (SSSR count). The number of alkyl halides is 3. The summed E-state index contributed by atoms with van der Waals surface area (Å²) >= 11 is 5.49. The molecule has 0 aromatic heterocycles. The van der Waals surface area contributed by atoms with Gasteiger partial charge in [-0.05, 0) is 66.4 Å². The molecule has 0 amide bonds. The minimum atomic E-state index is -4.43. The standard InChI is InChI=1S/C22H25F3N2OS/c1-15(2)16-6-8-19(9-7-16)26-20(29)27-12-10-21(28,11-13-27)17-4-3-5-18(14-17)22(23,24)25/h3-9,14-15,28H,10-13H2,1-2H3,(H,26,29). The molecule has 0 atom stereocenters. The largest absolute Gasteiger partial charge is 0.416 e. The van der Waals surface area contributed by atoms with Gasteiger partial charge >= 0.3 is 6.18 Å². The summed E-state index contributed by atoms with van der Waals surface area (Å²) in [6.07, 6.45) is -3.81. The number of halogens is 3. The Labute approximate surface area is 174 Å². The number of thiocarbonyl (C=S) groups is 1. The van der Waals surface area contributed by atoms with Crippen molar-refractivity contribution in [3.05, 3.63) is 65.2 Å². The van der Waals surface area contributed by atoms with E-state index < -0.39 is 17.3 Å². The second-order valence-electron chi connectivity index (χ2n) is 7.80. The van der Waals surface area contributed by atoms with Gasteiger partial charge in [0, 0.05) is 18.8 Å². The second-order valence-corrected chi connectivity index (χ2v) is 8.19. The van der Waals surface area contributed by atoms with Crippen LogP contribution in [-0.2, 0) is 11.8 Å². The summed E-state index contributed by atoms with van der Waals surface area (Å²) in [5, 5.41) is 14.7. The van der Waals surface area contributed by atoms with Crippen molar-refractivity contribution in [1.82, 2.24) is 4.90 Å². The van der Waals surface area contributed by atoms with Crippen LogP contribution in [0.3, 0.4) is 0 Å². The Morgan fingerprint density at radius 1 is 1.10 bits per heavy atom. The van der Waals surface area contributed by atoms with Crippen LogP contribution in [0.25, 0.3) is 0 Å². The molecule has 1 aliphatic rings. The second kappa shape index (κ2) is 8.32. The maximum atomic E-state index is 13.0. The lowest BCUT2D eigenvalue weighted by molar-refractivity contribution is -0.137. The molecule has 1 heterocycles. The number of anilines is 1. The van der Waals surface area contributed by atoms with Crippen molar-refractivity contribution < 1.29 is 18.3 Å². The Hall–Kier alpha value is -2.12. The molecular formula is C22H25F3N2OS. The lowest BCUT2D eigenvalue weighted by Crippen LogP contribution is -2.46. The third-order valence-electron chi connectivity index (χ3n) is 5.43. The van der Waals surface area contributed by atoms with E-state index in [0.29, 0.717) is 42.5 Å². The average Bonchev–Trinajstić information content (AvgIpc) is 2.68. The maximum absolute atomic E-state index is 13.0. The number of aliphatic hydroxyl groups is 1. The van der Waals surface area contributed by atoms with Crippen molar-refractivity contribution in [2.45, 2.75) is 44.4 Å². The van der Waals surface area contributed by atoms with Crippen molar-refractivity contribution in [1.29, 1.82) is 0 Å². The van der Waals surface area contributed by atoms with Gasteiger partial charge in [0.25, 0.3) is 0 Å². The van der Waals surface area contributed by atoms with Gasteiger partial charge in [-0.2, -0.15) is 13.2 Å². The molecule has 7 heteroatoms. The molecule has 29 heavy (non-hydrogen) atoms. The maximum Gasteiger partial charge on any atom is 0.416 e. The Balaban J connectivity index is 1.63. The quantitative estimate of drug-likeness (QED) is 0.640. The zero-order valence-corrected chi connectivity index (χ0v) is 17.3. The van der Waals surface area contributed by atoms with Crippen LogP contribution in [0.1, 0.15) is 49.3 Å². The minimum absolute atomic E-state index is 0.301. The molecule has 0 saturated carbocycles. The van der Waals surface area contributed by atoms with Crippen molar-refractivity contribution in [3.8, 4) is 0 Å². The highest BCUT2D eigenvalue weighted by Gasteiger charge is 2.37. The number of nitrogens with one attached hydrogen (secondary N) is 1. The van der Waals surface area contributed by atoms with E-state index in [9.17, 15) is 18.3 Å². The van der Waals surface area contributed by atoms with Gasteiger partial charge in [-0.25, -0.2) is 0 Å². The molecule has 2 N–H and O–H groups in total. The topological polar surface area (TPSA) is 35.5 Å². The number of likely N-dealkylation sites (tertiary alicyclic amines) is 1. The smallest absolute Gasteiger partial charge is 0.385 e. The first-order chi connectivity index (χ1) is 13.6. The average molecular weight is 423 g/mol. The normalized spacial score (nSPS) is 16.7. The van der Waals surface area contributed by atoms with Crippen molar-refractivity contribution in [3.63, 3.8) is 0 Å². The van der Waals surface area contributed by atoms with E-state index in [1.54, 1.807) is 6.07 Å². The first-order valence-electron chi connectivity index (χ1n) is 9.64. The fraction of sp³-hybridized carbons (Fsp3) is 0.409. The summed E-state index contributed by atoms with van der Waals surface area (Å²) in [6.45, 7) is 5.18. The molecule has 0 aliphatic carbocycles. The summed E-state index contributed by atoms with van der Waals surface area (Å²) in [5.41, 5.74) is 0.401. The molecular weight excluding hydrogens is 397 g/mol. The monoisotopic (exact) mass is 422 g/mol. The predicted molar refractivity (Wildman–Crippen MR) is 113 cm³/mol. The van der Waals surface area contributed by atoms with E-state index >= 15 is 0 Å². The van der Waals surface area contributed by atoms with Crippen LogP contribution < -0.4 is 5.32 Å². The molecule has 1 fully saturated rings. The lowest BCUT2D eigenvalue weighted by atomic mass is 9.84. The summed E-state index contributed by atoms with van der Waals surface area (Å²) in [4.78, 5) is 1.94. The third-order valence-corrected chi connectivity index (χ3v) is 5.79. The summed E-state index contributed by atoms with van der Waals surface area (Å²) in [6, 6.07) is 13.0. The van der Waals surface area contributed by atoms with Gasteiger partial charge in [-0.15, -0.1) is 0 Å². The molecule has 2 aromatic carbocycles. The molecule has 0 unspecified atom stereocenters. The van der Waals surface area contributed by atoms with E-state index in [1.165, 1.54) is 11.6 Å². The SMILES string of the molecule is CC(C)c1ccc(NC(=S)N2CCC(O)(c3cccc(C(F)(F)F)c3)CC2)cc1. The summed E-state index contributed by atoms with van der Waals surface area (Å²) < 4.78 is 39.0. The van der Waals surface area contributed by atoms with E-state index in [-0.39, 0.29) is 0 Å². The van der Waals surface area contributed by atoms with E-state index in [2.05, 4.69) is 31.3 Å². The highest BCUT2D eigenvalue weighted by atomic mass is 32.1. The summed E-state index contributed by atoms with van der Waals surface area (Å²) in [7, 11) is 0.